The number of nitrogens with one attached hydrogen (secondary N) is 3. The number of carbonyl (C=O) groups excluding carboxylic acids is 1. The number of H-pyrrole nitrogens is 1. The minimum atomic E-state index is -0.242. The van der Waals surface area contributed by atoms with Gasteiger partial charge in [0.25, 0.3) is 0 Å². The predicted octanol–water partition coefficient (Wildman–Crippen LogP) is 3.94. The lowest BCUT2D eigenvalue weighted by Crippen LogP contribution is -2.40. The van der Waals surface area contributed by atoms with E-state index in [-0.39, 0.29) is 11.8 Å². The minimum Gasteiger partial charge on any atom is -0.497 e. The highest BCUT2D eigenvalue weighted by atomic mass is 16.5. The maximum atomic E-state index is 13.4. The fraction of sp³-hybridized carbons (Fsp3) is 0.370. The maximum absolute atomic E-state index is 13.4. The van der Waals surface area contributed by atoms with Crippen LogP contribution >= 0.6 is 0 Å². The standard InChI is InChI=1S/C27H34N4O2/c1-4-31(5-2)27(32)20(16-28-13-12-19-8-6-9-22(14-19)33-3)15-25-23-10-7-11-24-26(23)21(17-29-24)18-30-25/h6-11,14-15,17,20,28-30H,4-5,12-13,16,18H2,1-3H3/b25-15-. The van der Waals surface area contributed by atoms with Crippen LogP contribution in [0.3, 0.4) is 0 Å². The number of hydrogen-bond donors (Lipinski definition) is 3. The number of aromatic nitrogens is 1. The SMILES string of the molecule is CCN(CC)C(=O)C(/C=C1\NCc2c[nH]c3cccc1c23)CNCCc1cccc(OC)c1. The zero-order valence-corrected chi connectivity index (χ0v) is 19.8. The zero-order valence-electron chi connectivity index (χ0n) is 19.8. The van der Waals surface area contributed by atoms with Crippen molar-refractivity contribution in [1.29, 1.82) is 0 Å². The predicted molar refractivity (Wildman–Crippen MR) is 134 cm³/mol. The van der Waals surface area contributed by atoms with Crippen molar-refractivity contribution in [2.24, 2.45) is 5.92 Å². The second-order valence-electron chi connectivity index (χ2n) is 8.40. The second kappa shape index (κ2) is 10.6. The van der Waals surface area contributed by atoms with E-state index in [4.69, 9.17) is 4.74 Å². The molecule has 174 valence electrons. The highest BCUT2D eigenvalue weighted by Crippen LogP contribution is 2.31. The van der Waals surface area contributed by atoms with Gasteiger partial charge in [-0.2, -0.15) is 0 Å². The molecule has 1 atom stereocenters. The highest BCUT2D eigenvalue weighted by Gasteiger charge is 2.24. The van der Waals surface area contributed by atoms with E-state index in [0.717, 1.165) is 42.0 Å². The molecule has 0 saturated heterocycles. The number of nitrogens with zero attached hydrogens (tertiary/aromatic N) is 1. The monoisotopic (exact) mass is 446 g/mol. The number of aromatic amines is 1. The Kier molecular flexibility index (Phi) is 7.35. The van der Waals surface area contributed by atoms with Gasteiger partial charge in [-0.05, 0) is 62.2 Å². The normalized spacial score (nSPS) is 14.8. The van der Waals surface area contributed by atoms with Crippen LogP contribution in [0.5, 0.6) is 5.75 Å². The molecule has 0 saturated carbocycles. The van der Waals surface area contributed by atoms with Crippen molar-refractivity contribution in [3.05, 3.63) is 71.4 Å². The van der Waals surface area contributed by atoms with Crippen molar-refractivity contribution >= 4 is 22.5 Å². The van der Waals surface area contributed by atoms with Gasteiger partial charge in [-0.15, -0.1) is 0 Å². The van der Waals surface area contributed by atoms with E-state index in [9.17, 15) is 4.79 Å². The van der Waals surface area contributed by atoms with Crippen LogP contribution in [0.15, 0.2) is 54.7 Å². The summed E-state index contributed by atoms with van der Waals surface area (Å²) in [6, 6.07) is 14.4. The average Bonchev–Trinajstić information content (AvgIpc) is 3.28. The molecule has 0 aliphatic carbocycles. The quantitative estimate of drug-likeness (QED) is 0.413. The third-order valence-corrected chi connectivity index (χ3v) is 6.40. The molecule has 3 aromatic rings. The molecule has 33 heavy (non-hydrogen) atoms. The number of amides is 1. The number of hydrogen-bond acceptors (Lipinski definition) is 4. The number of benzene rings is 2. The summed E-state index contributed by atoms with van der Waals surface area (Å²) in [7, 11) is 1.69. The molecular weight excluding hydrogens is 412 g/mol. The molecule has 0 spiro atoms. The van der Waals surface area contributed by atoms with Gasteiger partial charge < -0.3 is 25.3 Å². The third kappa shape index (κ3) is 5.06. The summed E-state index contributed by atoms with van der Waals surface area (Å²) in [5.41, 5.74) is 5.81. The molecule has 3 N–H and O–H groups in total. The first-order chi connectivity index (χ1) is 16.1. The largest absolute Gasteiger partial charge is 0.497 e. The van der Waals surface area contributed by atoms with Gasteiger partial charge in [-0.3, -0.25) is 4.79 Å². The minimum absolute atomic E-state index is 0.162. The molecule has 1 amide bonds. The molecule has 1 aliphatic rings. The lowest BCUT2D eigenvalue weighted by atomic mass is 9.96. The van der Waals surface area contributed by atoms with Crippen LogP contribution in [0.25, 0.3) is 16.6 Å². The van der Waals surface area contributed by atoms with Crippen LogP contribution in [0.2, 0.25) is 0 Å². The fourth-order valence-corrected chi connectivity index (χ4v) is 4.56. The van der Waals surface area contributed by atoms with E-state index >= 15 is 0 Å². The zero-order chi connectivity index (χ0) is 23.2. The van der Waals surface area contributed by atoms with Crippen molar-refractivity contribution < 1.29 is 9.53 Å². The summed E-state index contributed by atoms with van der Waals surface area (Å²) in [6.07, 6.45) is 5.06. The smallest absolute Gasteiger partial charge is 0.230 e. The molecule has 6 heteroatoms. The molecular formula is C27H34N4O2. The Labute approximate surface area is 196 Å². The number of ether oxygens (including phenoxy) is 1. The highest BCUT2D eigenvalue weighted by molar-refractivity contribution is 5.97. The molecule has 0 fully saturated rings. The fourth-order valence-electron chi connectivity index (χ4n) is 4.56. The molecule has 4 rings (SSSR count). The molecule has 0 radical (unpaired) electrons. The van der Waals surface area contributed by atoms with Gasteiger partial charge in [0.2, 0.25) is 5.91 Å². The lowest BCUT2D eigenvalue weighted by molar-refractivity contribution is -0.133. The first-order valence-corrected chi connectivity index (χ1v) is 11.8. The van der Waals surface area contributed by atoms with E-state index in [1.165, 1.54) is 16.5 Å². The van der Waals surface area contributed by atoms with Crippen molar-refractivity contribution in [2.75, 3.05) is 33.3 Å². The van der Waals surface area contributed by atoms with Crippen molar-refractivity contribution in [3.63, 3.8) is 0 Å². The van der Waals surface area contributed by atoms with Crippen LogP contribution < -0.4 is 15.4 Å². The molecule has 0 bridgehead atoms. The Morgan fingerprint density at radius 2 is 2.03 bits per heavy atom. The van der Waals surface area contributed by atoms with Crippen molar-refractivity contribution in [2.45, 2.75) is 26.8 Å². The molecule has 2 heterocycles. The van der Waals surface area contributed by atoms with E-state index < -0.39 is 0 Å². The Morgan fingerprint density at radius 3 is 2.82 bits per heavy atom. The number of rotatable bonds is 10. The molecule has 1 aliphatic heterocycles. The maximum Gasteiger partial charge on any atom is 0.230 e. The van der Waals surface area contributed by atoms with Crippen LogP contribution in [-0.2, 0) is 17.8 Å². The molecule has 2 aromatic carbocycles. The molecule has 6 nitrogen and oxygen atoms in total. The van der Waals surface area contributed by atoms with E-state index in [0.29, 0.717) is 19.6 Å². The Hall–Kier alpha value is -3.25. The van der Waals surface area contributed by atoms with Gasteiger partial charge in [0.05, 0.1) is 13.0 Å². The molecule has 1 aromatic heterocycles. The average molecular weight is 447 g/mol. The summed E-state index contributed by atoms with van der Waals surface area (Å²) >= 11 is 0. The second-order valence-corrected chi connectivity index (χ2v) is 8.40. The summed E-state index contributed by atoms with van der Waals surface area (Å²) in [6.45, 7) is 7.65. The number of carbonyl (C=O) groups is 1. The van der Waals surface area contributed by atoms with Crippen LogP contribution in [0, 0.1) is 5.92 Å². The lowest BCUT2D eigenvalue weighted by Gasteiger charge is -2.26. The van der Waals surface area contributed by atoms with Gasteiger partial charge in [-0.25, -0.2) is 0 Å². The van der Waals surface area contributed by atoms with Gasteiger partial charge >= 0.3 is 0 Å². The van der Waals surface area contributed by atoms with Gasteiger partial charge in [-0.1, -0.05) is 24.3 Å². The Balaban J connectivity index is 1.51. The van der Waals surface area contributed by atoms with Crippen molar-refractivity contribution in [1.82, 2.24) is 20.5 Å². The van der Waals surface area contributed by atoms with Gasteiger partial charge in [0.15, 0.2) is 0 Å². The summed E-state index contributed by atoms with van der Waals surface area (Å²) < 4.78 is 5.32. The van der Waals surface area contributed by atoms with Crippen molar-refractivity contribution in [3.8, 4) is 5.75 Å². The van der Waals surface area contributed by atoms with Gasteiger partial charge in [0.1, 0.15) is 5.75 Å². The number of methoxy groups -OCH3 is 1. The first kappa shape index (κ1) is 22.9. The molecule has 1 unspecified atom stereocenters. The van der Waals surface area contributed by atoms with Crippen LogP contribution in [0.4, 0.5) is 0 Å². The summed E-state index contributed by atoms with van der Waals surface area (Å²) in [4.78, 5) is 18.6. The van der Waals surface area contributed by atoms with Gasteiger partial charge in [0, 0.05) is 54.5 Å². The van der Waals surface area contributed by atoms with Crippen LogP contribution in [0.1, 0.15) is 30.5 Å². The van der Waals surface area contributed by atoms with E-state index in [2.05, 4.69) is 58.2 Å². The van der Waals surface area contributed by atoms with E-state index in [1.54, 1.807) is 7.11 Å². The topological polar surface area (TPSA) is 69.4 Å². The Morgan fingerprint density at radius 1 is 1.21 bits per heavy atom. The third-order valence-electron chi connectivity index (χ3n) is 6.40. The van der Waals surface area contributed by atoms with E-state index in [1.807, 2.05) is 30.9 Å². The first-order valence-electron chi connectivity index (χ1n) is 11.8. The Bertz CT molecular complexity index is 1130. The van der Waals surface area contributed by atoms with Crippen LogP contribution in [-0.4, -0.2) is 49.1 Å². The summed E-state index contributed by atoms with van der Waals surface area (Å²) in [5, 5.41) is 8.31. The summed E-state index contributed by atoms with van der Waals surface area (Å²) in [5.74, 6) is 0.789.